The Morgan fingerprint density at radius 1 is 1.13 bits per heavy atom. The minimum atomic E-state index is -3.66. The lowest BCUT2D eigenvalue weighted by atomic mass is 10.1. The maximum atomic E-state index is 11.2. The predicted molar refractivity (Wildman–Crippen MR) is 96.7 cm³/mol. The van der Waals surface area contributed by atoms with Gasteiger partial charge in [0, 0.05) is 12.2 Å². The summed E-state index contributed by atoms with van der Waals surface area (Å²) in [5.74, 6) is 0. The lowest BCUT2D eigenvalue weighted by Gasteiger charge is -2.13. The fraction of sp³-hybridized carbons (Fsp3) is 0.188. The van der Waals surface area contributed by atoms with Crippen LogP contribution in [0.4, 0.5) is 5.69 Å². The highest BCUT2D eigenvalue weighted by Crippen LogP contribution is 2.15. The summed E-state index contributed by atoms with van der Waals surface area (Å²) in [4.78, 5) is 0.0961. The Labute approximate surface area is 142 Å². The largest absolute Gasteiger partial charge is 0.358 e. The first-order valence-electron chi connectivity index (χ1n) is 7.14. The van der Waals surface area contributed by atoms with Crippen LogP contribution in [0.25, 0.3) is 0 Å². The molecule has 4 N–H and O–H groups in total. The third-order valence-corrected chi connectivity index (χ3v) is 4.53. The standard InChI is InChI=1S/C16H19N3O2S2/c1-2-13-5-3-4-6-15(13)19-16(22)18-11-12-7-9-14(10-8-12)23(17,20)21/h3-10H,2,11H2,1H3,(H2,17,20,21)(H2,18,19,22). The van der Waals surface area contributed by atoms with Crippen LogP contribution in [0.3, 0.4) is 0 Å². The monoisotopic (exact) mass is 349 g/mol. The lowest BCUT2D eigenvalue weighted by molar-refractivity contribution is 0.597. The Morgan fingerprint density at radius 3 is 2.39 bits per heavy atom. The van der Waals surface area contributed by atoms with Gasteiger partial charge < -0.3 is 10.6 Å². The molecule has 0 spiro atoms. The number of nitrogens with one attached hydrogen (secondary N) is 2. The fourth-order valence-electron chi connectivity index (χ4n) is 2.10. The zero-order chi connectivity index (χ0) is 16.9. The number of hydrogen-bond donors (Lipinski definition) is 3. The summed E-state index contributed by atoms with van der Waals surface area (Å²) in [5.41, 5.74) is 3.08. The second-order valence-electron chi connectivity index (χ2n) is 5.01. The summed E-state index contributed by atoms with van der Waals surface area (Å²) in [6.07, 6.45) is 0.917. The predicted octanol–water partition coefficient (Wildman–Crippen LogP) is 2.38. The van der Waals surface area contributed by atoms with Gasteiger partial charge in [-0.3, -0.25) is 0 Å². The number of sulfonamides is 1. The Hall–Kier alpha value is -1.96. The van der Waals surface area contributed by atoms with Gasteiger partial charge >= 0.3 is 0 Å². The molecule has 0 unspecified atom stereocenters. The van der Waals surface area contributed by atoms with Gasteiger partial charge in [0.05, 0.1) is 4.90 Å². The van der Waals surface area contributed by atoms with Crippen molar-refractivity contribution in [2.24, 2.45) is 5.14 Å². The number of aryl methyl sites for hydroxylation is 1. The molecule has 0 aliphatic carbocycles. The van der Waals surface area contributed by atoms with Gasteiger partial charge in [-0.25, -0.2) is 13.6 Å². The number of para-hydroxylation sites is 1. The Bertz CT molecular complexity index is 787. The molecule has 2 rings (SSSR count). The number of hydrogen-bond acceptors (Lipinski definition) is 3. The normalized spacial score (nSPS) is 11.0. The molecule has 0 aromatic heterocycles. The van der Waals surface area contributed by atoms with Crippen LogP contribution in [-0.4, -0.2) is 13.5 Å². The molecule has 0 aliphatic rings. The maximum Gasteiger partial charge on any atom is 0.238 e. The summed E-state index contributed by atoms with van der Waals surface area (Å²) in [7, 11) is -3.66. The van der Waals surface area contributed by atoms with Crippen molar-refractivity contribution in [3.63, 3.8) is 0 Å². The second kappa shape index (κ2) is 7.54. The zero-order valence-electron chi connectivity index (χ0n) is 12.7. The molecule has 0 saturated heterocycles. The molecule has 2 aromatic rings. The van der Waals surface area contributed by atoms with Crippen molar-refractivity contribution in [1.82, 2.24) is 5.32 Å². The van der Waals surface area contributed by atoms with E-state index in [-0.39, 0.29) is 4.90 Å². The number of benzene rings is 2. The zero-order valence-corrected chi connectivity index (χ0v) is 14.4. The molecule has 0 aliphatic heterocycles. The van der Waals surface area contributed by atoms with Crippen LogP contribution in [-0.2, 0) is 23.0 Å². The molecule has 0 heterocycles. The van der Waals surface area contributed by atoms with Crippen LogP contribution in [0.5, 0.6) is 0 Å². The van der Waals surface area contributed by atoms with E-state index in [1.54, 1.807) is 12.1 Å². The molecule has 122 valence electrons. The second-order valence-corrected chi connectivity index (χ2v) is 6.98. The summed E-state index contributed by atoms with van der Waals surface area (Å²) < 4.78 is 22.4. The van der Waals surface area contributed by atoms with Gasteiger partial charge in [0.25, 0.3) is 0 Å². The highest BCUT2D eigenvalue weighted by molar-refractivity contribution is 7.89. The first kappa shape index (κ1) is 17.4. The van der Waals surface area contributed by atoms with Crippen molar-refractivity contribution < 1.29 is 8.42 Å². The number of anilines is 1. The van der Waals surface area contributed by atoms with Crippen LogP contribution in [0.15, 0.2) is 53.4 Å². The van der Waals surface area contributed by atoms with Gasteiger partial charge in [-0.1, -0.05) is 37.3 Å². The molecule has 23 heavy (non-hydrogen) atoms. The fourth-order valence-corrected chi connectivity index (χ4v) is 2.79. The first-order chi connectivity index (χ1) is 10.9. The lowest BCUT2D eigenvalue weighted by Crippen LogP contribution is -2.28. The average molecular weight is 349 g/mol. The maximum absolute atomic E-state index is 11.2. The molecule has 7 heteroatoms. The van der Waals surface area contributed by atoms with E-state index in [4.69, 9.17) is 17.4 Å². The third kappa shape index (κ3) is 5.02. The molecule has 5 nitrogen and oxygen atoms in total. The Kier molecular flexibility index (Phi) is 5.70. The van der Waals surface area contributed by atoms with Gasteiger partial charge in [0.2, 0.25) is 10.0 Å². The molecular formula is C16H19N3O2S2. The van der Waals surface area contributed by atoms with Crippen molar-refractivity contribution in [3.8, 4) is 0 Å². The topological polar surface area (TPSA) is 84.2 Å². The van der Waals surface area contributed by atoms with Crippen molar-refractivity contribution in [1.29, 1.82) is 0 Å². The quantitative estimate of drug-likeness (QED) is 0.722. The molecule has 0 atom stereocenters. The van der Waals surface area contributed by atoms with Crippen LogP contribution < -0.4 is 15.8 Å². The molecule has 2 aromatic carbocycles. The van der Waals surface area contributed by atoms with E-state index in [1.165, 1.54) is 17.7 Å². The average Bonchev–Trinajstić information content (AvgIpc) is 2.53. The van der Waals surface area contributed by atoms with Gasteiger partial charge in [-0.2, -0.15) is 0 Å². The summed E-state index contributed by atoms with van der Waals surface area (Å²) in [6, 6.07) is 14.4. The molecule has 0 amide bonds. The molecule has 0 fully saturated rings. The van der Waals surface area contributed by atoms with Crippen LogP contribution >= 0.6 is 12.2 Å². The third-order valence-electron chi connectivity index (χ3n) is 3.35. The Balaban J connectivity index is 1.94. The van der Waals surface area contributed by atoms with E-state index in [0.29, 0.717) is 11.7 Å². The van der Waals surface area contributed by atoms with Crippen molar-refractivity contribution in [3.05, 3.63) is 59.7 Å². The van der Waals surface area contributed by atoms with E-state index < -0.39 is 10.0 Å². The number of primary sulfonamides is 1. The van der Waals surface area contributed by atoms with Gasteiger partial charge in [-0.05, 0) is 48.0 Å². The van der Waals surface area contributed by atoms with E-state index in [1.807, 2.05) is 18.2 Å². The molecule has 0 radical (unpaired) electrons. The highest BCUT2D eigenvalue weighted by Gasteiger charge is 2.07. The van der Waals surface area contributed by atoms with Crippen molar-refractivity contribution in [2.45, 2.75) is 24.8 Å². The van der Waals surface area contributed by atoms with E-state index >= 15 is 0 Å². The summed E-state index contributed by atoms with van der Waals surface area (Å²) >= 11 is 5.29. The Morgan fingerprint density at radius 2 is 1.78 bits per heavy atom. The smallest absolute Gasteiger partial charge is 0.238 e. The summed E-state index contributed by atoms with van der Waals surface area (Å²) in [5, 5.41) is 11.9. The number of rotatable bonds is 5. The van der Waals surface area contributed by atoms with E-state index in [0.717, 1.165) is 17.7 Å². The van der Waals surface area contributed by atoms with Gasteiger partial charge in [0.1, 0.15) is 0 Å². The minimum Gasteiger partial charge on any atom is -0.358 e. The molecule has 0 saturated carbocycles. The van der Waals surface area contributed by atoms with Crippen LogP contribution in [0.1, 0.15) is 18.1 Å². The van der Waals surface area contributed by atoms with Gasteiger partial charge in [0.15, 0.2) is 5.11 Å². The SMILES string of the molecule is CCc1ccccc1NC(=S)NCc1ccc(S(N)(=O)=O)cc1. The molecule has 0 bridgehead atoms. The first-order valence-corrected chi connectivity index (χ1v) is 9.10. The van der Waals surface area contributed by atoms with Crippen molar-refractivity contribution in [2.75, 3.05) is 5.32 Å². The minimum absolute atomic E-state index is 0.0961. The van der Waals surface area contributed by atoms with Crippen LogP contribution in [0.2, 0.25) is 0 Å². The highest BCUT2D eigenvalue weighted by atomic mass is 32.2. The van der Waals surface area contributed by atoms with E-state index in [9.17, 15) is 8.42 Å². The van der Waals surface area contributed by atoms with Gasteiger partial charge in [-0.15, -0.1) is 0 Å². The summed E-state index contributed by atoms with van der Waals surface area (Å²) in [6.45, 7) is 2.58. The van der Waals surface area contributed by atoms with Crippen molar-refractivity contribution >= 4 is 33.0 Å². The van der Waals surface area contributed by atoms with E-state index in [2.05, 4.69) is 23.6 Å². The van der Waals surface area contributed by atoms with Crippen LogP contribution in [0, 0.1) is 0 Å². The number of thiocarbonyl (C=S) groups is 1. The molecular weight excluding hydrogens is 330 g/mol. The number of nitrogens with two attached hydrogens (primary N) is 1.